The first-order valence-electron chi connectivity index (χ1n) is 5.83. The molecule has 0 aliphatic heterocycles. The van der Waals surface area contributed by atoms with Crippen LogP contribution >= 0.6 is 0 Å². The van der Waals surface area contributed by atoms with Crippen LogP contribution in [0.4, 0.5) is 0 Å². The molecule has 1 aromatic heterocycles. The van der Waals surface area contributed by atoms with Crippen molar-refractivity contribution in [3.63, 3.8) is 0 Å². The number of aromatic nitrogens is 2. The largest absolute Gasteiger partial charge is 0.388 e. The fourth-order valence-electron chi connectivity index (χ4n) is 2.14. The molecule has 1 saturated carbocycles. The first kappa shape index (κ1) is 12.6. The minimum Gasteiger partial charge on any atom is -0.388 e. The molecule has 0 atom stereocenters. The quantitative estimate of drug-likeness (QED) is 0.558. The lowest BCUT2D eigenvalue weighted by Gasteiger charge is -2.22. The Bertz CT molecular complexity index is 526. The molecule has 7 nitrogen and oxygen atoms in total. The minimum absolute atomic E-state index is 0.106. The van der Waals surface area contributed by atoms with E-state index in [0.717, 1.165) is 18.9 Å². The molecule has 1 aliphatic rings. The molecule has 2 rings (SSSR count). The van der Waals surface area contributed by atoms with E-state index < -0.39 is 22.8 Å². The summed E-state index contributed by atoms with van der Waals surface area (Å²) in [4.78, 5) is 37.9. The predicted molar refractivity (Wildman–Crippen MR) is 63.4 cm³/mol. The molecule has 1 fully saturated rings. The Morgan fingerprint density at radius 1 is 1.33 bits per heavy atom. The molecular formula is C11H15N3O4. The number of aliphatic hydroxyl groups is 1. The normalized spacial score (nSPS) is 17.6. The zero-order chi connectivity index (χ0) is 13.2. The summed E-state index contributed by atoms with van der Waals surface area (Å²) in [5.41, 5.74) is -2.34. The Hall–Kier alpha value is -1.89. The van der Waals surface area contributed by atoms with E-state index in [1.54, 1.807) is 0 Å². The third-order valence-electron chi connectivity index (χ3n) is 3.12. The lowest BCUT2D eigenvalue weighted by molar-refractivity contribution is 0.0448. The average molecular weight is 253 g/mol. The van der Waals surface area contributed by atoms with E-state index in [-0.39, 0.29) is 12.2 Å². The first-order valence-corrected chi connectivity index (χ1v) is 5.83. The van der Waals surface area contributed by atoms with Crippen LogP contribution in [0.3, 0.4) is 0 Å². The molecule has 1 aliphatic carbocycles. The SMILES string of the molecule is O=C(NCC1(O)CCCC1)c1cc(=O)[nH]c(=O)[nH]1. The second-order valence-electron chi connectivity index (χ2n) is 4.62. The third-order valence-corrected chi connectivity index (χ3v) is 3.12. The van der Waals surface area contributed by atoms with Crippen molar-refractivity contribution in [3.05, 3.63) is 32.6 Å². The van der Waals surface area contributed by atoms with Gasteiger partial charge in [-0.3, -0.25) is 14.6 Å². The van der Waals surface area contributed by atoms with Crippen molar-refractivity contribution in [2.24, 2.45) is 0 Å². The molecule has 1 aromatic rings. The van der Waals surface area contributed by atoms with Crippen molar-refractivity contribution in [3.8, 4) is 0 Å². The molecular weight excluding hydrogens is 238 g/mol. The summed E-state index contributed by atoms with van der Waals surface area (Å²) in [6.07, 6.45) is 3.18. The van der Waals surface area contributed by atoms with Gasteiger partial charge in [-0.2, -0.15) is 0 Å². The van der Waals surface area contributed by atoms with Crippen LogP contribution in [0.5, 0.6) is 0 Å². The Morgan fingerprint density at radius 2 is 2.00 bits per heavy atom. The highest BCUT2D eigenvalue weighted by atomic mass is 16.3. The number of carbonyl (C=O) groups excluding carboxylic acids is 1. The van der Waals surface area contributed by atoms with E-state index in [1.807, 2.05) is 4.98 Å². The summed E-state index contributed by atoms with van der Waals surface area (Å²) < 4.78 is 0. The molecule has 0 radical (unpaired) electrons. The predicted octanol–water partition coefficient (Wildman–Crippen LogP) is -0.902. The zero-order valence-electron chi connectivity index (χ0n) is 9.78. The van der Waals surface area contributed by atoms with Gasteiger partial charge in [0.2, 0.25) is 0 Å². The Balaban J connectivity index is 2.03. The van der Waals surface area contributed by atoms with E-state index in [9.17, 15) is 19.5 Å². The maximum atomic E-state index is 11.7. The molecule has 0 saturated heterocycles. The highest BCUT2D eigenvalue weighted by Gasteiger charge is 2.31. The Labute approximate surface area is 102 Å². The number of rotatable bonds is 3. The molecule has 18 heavy (non-hydrogen) atoms. The lowest BCUT2D eigenvalue weighted by atomic mass is 10.0. The highest BCUT2D eigenvalue weighted by molar-refractivity contribution is 5.92. The molecule has 0 bridgehead atoms. The van der Waals surface area contributed by atoms with Gasteiger partial charge in [-0.15, -0.1) is 0 Å². The monoisotopic (exact) mass is 253 g/mol. The van der Waals surface area contributed by atoms with E-state index in [1.165, 1.54) is 0 Å². The van der Waals surface area contributed by atoms with Crippen molar-refractivity contribution in [2.45, 2.75) is 31.3 Å². The number of H-pyrrole nitrogens is 2. The number of aromatic amines is 2. The third kappa shape index (κ3) is 2.86. The van der Waals surface area contributed by atoms with Gasteiger partial charge in [0.15, 0.2) is 0 Å². The highest BCUT2D eigenvalue weighted by Crippen LogP contribution is 2.28. The number of hydrogen-bond acceptors (Lipinski definition) is 4. The smallest absolute Gasteiger partial charge is 0.326 e. The van der Waals surface area contributed by atoms with Crippen LogP contribution < -0.4 is 16.6 Å². The van der Waals surface area contributed by atoms with Gasteiger partial charge < -0.3 is 15.4 Å². The maximum absolute atomic E-state index is 11.7. The van der Waals surface area contributed by atoms with Crippen LogP contribution in [-0.4, -0.2) is 33.1 Å². The number of carbonyl (C=O) groups is 1. The van der Waals surface area contributed by atoms with Crippen molar-refractivity contribution >= 4 is 5.91 Å². The van der Waals surface area contributed by atoms with Crippen molar-refractivity contribution in [2.75, 3.05) is 6.54 Å². The summed E-state index contributed by atoms with van der Waals surface area (Å²) in [6, 6.07) is 1.01. The maximum Gasteiger partial charge on any atom is 0.326 e. The zero-order valence-corrected chi connectivity index (χ0v) is 9.78. The summed E-state index contributed by atoms with van der Waals surface area (Å²) in [5, 5.41) is 12.6. The van der Waals surface area contributed by atoms with Gasteiger partial charge in [0, 0.05) is 12.6 Å². The number of nitrogens with one attached hydrogen (secondary N) is 3. The van der Waals surface area contributed by atoms with Crippen molar-refractivity contribution in [1.82, 2.24) is 15.3 Å². The van der Waals surface area contributed by atoms with Gasteiger partial charge in [-0.1, -0.05) is 12.8 Å². The van der Waals surface area contributed by atoms with Gasteiger partial charge in [0.1, 0.15) is 5.69 Å². The second-order valence-corrected chi connectivity index (χ2v) is 4.62. The van der Waals surface area contributed by atoms with Gasteiger partial charge in [-0.25, -0.2) is 4.79 Å². The summed E-state index contributed by atoms with van der Waals surface area (Å²) >= 11 is 0. The van der Waals surface area contributed by atoms with Crippen molar-refractivity contribution < 1.29 is 9.90 Å². The Kier molecular flexibility index (Phi) is 3.33. The van der Waals surface area contributed by atoms with Gasteiger partial charge in [-0.05, 0) is 12.8 Å². The van der Waals surface area contributed by atoms with Crippen LogP contribution in [0.15, 0.2) is 15.7 Å². The van der Waals surface area contributed by atoms with E-state index in [4.69, 9.17) is 0 Å². The topological polar surface area (TPSA) is 115 Å². The fraction of sp³-hybridized carbons (Fsp3) is 0.545. The van der Waals surface area contributed by atoms with E-state index in [0.29, 0.717) is 12.8 Å². The number of amides is 1. The van der Waals surface area contributed by atoms with Crippen LogP contribution in [0, 0.1) is 0 Å². The first-order chi connectivity index (χ1) is 8.48. The standard InChI is InChI=1S/C11H15N3O4/c15-8-5-7(13-10(17)14-8)9(16)12-6-11(18)3-1-2-4-11/h5,18H,1-4,6H2,(H,12,16)(H2,13,14,15,17). The van der Waals surface area contributed by atoms with E-state index >= 15 is 0 Å². The van der Waals surface area contributed by atoms with Crippen LogP contribution in [0.2, 0.25) is 0 Å². The molecule has 0 unspecified atom stereocenters. The molecule has 4 N–H and O–H groups in total. The molecule has 98 valence electrons. The van der Waals surface area contributed by atoms with Crippen LogP contribution in [0.1, 0.15) is 36.2 Å². The lowest BCUT2D eigenvalue weighted by Crippen LogP contribution is -2.41. The summed E-state index contributed by atoms with van der Waals surface area (Å²) in [5.74, 6) is -0.571. The molecule has 1 amide bonds. The second kappa shape index (κ2) is 4.77. The number of hydrogen-bond donors (Lipinski definition) is 4. The fourth-order valence-corrected chi connectivity index (χ4v) is 2.14. The molecule has 7 heteroatoms. The van der Waals surface area contributed by atoms with Crippen LogP contribution in [0.25, 0.3) is 0 Å². The van der Waals surface area contributed by atoms with Gasteiger partial charge in [0.25, 0.3) is 11.5 Å². The van der Waals surface area contributed by atoms with Gasteiger partial charge in [0.05, 0.1) is 5.60 Å². The van der Waals surface area contributed by atoms with Crippen LogP contribution in [-0.2, 0) is 0 Å². The van der Waals surface area contributed by atoms with Crippen molar-refractivity contribution in [1.29, 1.82) is 0 Å². The molecule has 0 aromatic carbocycles. The Morgan fingerprint density at radius 3 is 2.61 bits per heavy atom. The summed E-state index contributed by atoms with van der Waals surface area (Å²) in [6.45, 7) is 0.126. The van der Waals surface area contributed by atoms with E-state index in [2.05, 4.69) is 10.3 Å². The molecule has 1 heterocycles. The molecule has 0 spiro atoms. The minimum atomic E-state index is -0.864. The summed E-state index contributed by atoms with van der Waals surface area (Å²) in [7, 11) is 0. The van der Waals surface area contributed by atoms with Gasteiger partial charge >= 0.3 is 5.69 Å². The average Bonchev–Trinajstić information content (AvgIpc) is 2.72.